The summed E-state index contributed by atoms with van der Waals surface area (Å²) in [5.41, 5.74) is 0.590. The highest BCUT2D eigenvalue weighted by molar-refractivity contribution is 6.31. The van der Waals surface area contributed by atoms with Crippen LogP contribution in [0.4, 0.5) is 10.1 Å². The van der Waals surface area contributed by atoms with Crippen LogP contribution in [-0.4, -0.2) is 65.6 Å². The van der Waals surface area contributed by atoms with E-state index >= 15 is 0 Å². The predicted octanol–water partition coefficient (Wildman–Crippen LogP) is 1.51. The van der Waals surface area contributed by atoms with Crippen LogP contribution in [-0.2, 0) is 11.3 Å². The van der Waals surface area contributed by atoms with Crippen LogP contribution in [0, 0.1) is 11.2 Å². The summed E-state index contributed by atoms with van der Waals surface area (Å²) in [6.07, 6.45) is 0. The Morgan fingerprint density at radius 2 is 2.15 bits per heavy atom. The number of hydroxylamine groups is 1. The molecule has 27 heavy (non-hydrogen) atoms. The Hall–Kier alpha value is -2.11. The Morgan fingerprint density at radius 3 is 2.89 bits per heavy atom. The Kier molecular flexibility index (Phi) is 6.69. The first-order chi connectivity index (χ1) is 13.1. The van der Waals surface area contributed by atoms with Crippen LogP contribution in [0.25, 0.3) is 0 Å². The van der Waals surface area contributed by atoms with Crippen LogP contribution in [0.2, 0.25) is 5.02 Å². The Bertz CT molecular complexity index is 783. The fraction of sp³-hybridized carbons (Fsp3) is 0.438. The summed E-state index contributed by atoms with van der Waals surface area (Å²) < 4.78 is 23.3. The molecule has 1 aliphatic heterocycles. The van der Waals surface area contributed by atoms with Gasteiger partial charge in [-0.1, -0.05) is 16.8 Å². The van der Waals surface area contributed by atoms with Crippen molar-refractivity contribution < 1.29 is 19.0 Å². The van der Waals surface area contributed by atoms with Gasteiger partial charge in [-0.05, 0) is 23.4 Å². The second-order valence-corrected chi connectivity index (χ2v) is 6.36. The number of amidine groups is 1. The molecular weight excluding hydrogens is 379 g/mol. The van der Waals surface area contributed by atoms with Gasteiger partial charge in [0.2, 0.25) is 0 Å². The zero-order chi connectivity index (χ0) is 19.2. The molecule has 0 bridgehead atoms. The second kappa shape index (κ2) is 9.20. The van der Waals surface area contributed by atoms with Crippen LogP contribution >= 0.6 is 11.6 Å². The molecule has 0 radical (unpaired) electrons. The van der Waals surface area contributed by atoms with Gasteiger partial charge in [-0.2, -0.15) is 0 Å². The molecule has 2 aromatic rings. The molecule has 1 saturated heterocycles. The molecular formula is C16H20ClFN6O3. The Morgan fingerprint density at radius 1 is 1.37 bits per heavy atom. The average Bonchev–Trinajstić information content (AvgIpc) is 3.15. The van der Waals surface area contributed by atoms with Crippen molar-refractivity contribution in [2.75, 3.05) is 44.5 Å². The van der Waals surface area contributed by atoms with Crippen LogP contribution in [0.3, 0.4) is 0 Å². The second-order valence-electron chi connectivity index (χ2n) is 5.95. The van der Waals surface area contributed by atoms with E-state index < -0.39 is 5.82 Å². The molecule has 1 aliphatic rings. The molecule has 11 heteroatoms. The van der Waals surface area contributed by atoms with Crippen LogP contribution in [0.15, 0.2) is 22.8 Å². The number of anilines is 1. The Balaban J connectivity index is 1.56. The number of ether oxygens (including phenoxy) is 1. The maximum Gasteiger partial charge on any atom is 0.182 e. The van der Waals surface area contributed by atoms with Crippen molar-refractivity contribution in [1.82, 2.24) is 20.5 Å². The summed E-state index contributed by atoms with van der Waals surface area (Å²) >= 11 is 5.72. The number of morpholine rings is 1. The Labute approximate surface area is 160 Å². The largest absolute Gasteiger partial charge is 0.379 e. The number of benzene rings is 1. The molecule has 1 fully saturated rings. The highest BCUT2D eigenvalue weighted by Gasteiger charge is 2.21. The van der Waals surface area contributed by atoms with Gasteiger partial charge in [0.05, 0.1) is 23.9 Å². The zero-order valence-corrected chi connectivity index (χ0v) is 15.2. The van der Waals surface area contributed by atoms with Crippen LogP contribution < -0.4 is 10.4 Å². The van der Waals surface area contributed by atoms with Crippen molar-refractivity contribution in [3.05, 3.63) is 40.4 Å². The summed E-state index contributed by atoms with van der Waals surface area (Å²) in [7, 11) is 0. The molecule has 3 N–H and O–H groups in total. The number of nitrogens with one attached hydrogen (secondary N) is 2. The molecule has 1 aromatic heterocycles. The molecule has 9 nitrogen and oxygen atoms in total. The third-order valence-corrected chi connectivity index (χ3v) is 4.43. The number of hydrogen-bond acceptors (Lipinski definition) is 8. The lowest BCUT2D eigenvalue weighted by molar-refractivity contribution is 0.0384. The smallest absolute Gasteiger partial charge is 0.182 e. The summed E-state index contributed by atoms with van der Waals surface area (Å²) in [6, 6.07) is 3.60. The van der Waals surface area contributed by atoms with E-state index in [0.717, 1.165) is 45.5 Å². The number of nitrogens with zero attached hydrogens (tertiary/aromatic N) is 4. The number of halogens is 2. The quantitative estimate of drug-likeness (QED) is 0.278. The molecule has 0 unspecified atom stereocenters. The number of rotatable bonds is 7. The van der Waals surface area contributed by atoms with E-state index in [4.69, 9.17) is 26.4 Å². The lowest BCUT2D eigenvalue weighted by atomic mass is 10.2. The van der Waals surface area contributed by atoms with Crippen molar-refractivity contribution in [2.24, 2.45) is 0 Å². The van der Waals surface area contributed by atoms with E-state index in [1.165, 1.54) is 12.1 Å². The van der Waals surface area contributed by atoms with Crippen molar-refractivity contribution >= 4 is 23.1 Å². The molecule has 0 saturated carbocycles. The highest BCUT2D eigenvalue weighted by Crippen LogP contribution is 2.23. The molecule has 3 rings (SSSR count). The van der Waals surface area contributed by atoms with Gasteiger partial charge in [0.15, 0.2) is 11.5 Å². The fourth-order valence-corrected chi connectivity index (χ4v) is 2.79. The molecule has 0 amide bonds. The first-order valence-electron chi connectivity index (χ1n) is 8.41. The minimum Gasteiger partial charge on any atom is -0.379 e. The van der Waals surface area contributed by atoms with E-state index in [1.54, 1.807) is 0 Å². The van der Waals surface area contributed by atoms with Gasteiger partial charge in [0.1, 0.15) is 11.5 Å². The molecule has 146 valence electrons. The lowest BCUT2D eigenvalue weighted by Crippen LogP contribution is -2.40. The van der Waals surface area contributed by atoms with E-state index in [2.05, 4.69) is 20.5 Å². The van der Waals surface area contributed by atoms with E-state index in [1.807, 2.05) is 0 Å². The van der Waals surface area contributed by atoms with Crippen molar-refractivity contribution in [3.63, 3.8) is 0 Å². The van der Waals surface area contributed by atoms with E-state index in [9.17, 15) is 9.60 Å². The zero-order valence-electron chi connectivity index (χ0n) is 14.5. The van der Waals surface area contributed by atoms with Crippen molar-refractivity contribution in [1.29, 1.82) is 5.41 Å². The third kappa shape index (κ3) is 4.99. The van der Waals surface area contributed by atoms with Gasteiger partial charge >= 0.3 is 0 Å². The van der Waals surface area contributed by atoms with Gasteiger partial charge in [-0.25, -0.2) is 14.1 Å². The first-order valence-corrected chi connectivity index (χ1v) is 8.79. The van der Waals surface area contributed by atoms with Crippen molar-refractivity contribution in [3.8, 4) is 0 Å². The summed E-state index contributed by atoms with van der Waals surface area (Å²) in [5.74, 6) is -0.975. The van der Waals surface area contributed by atoms with Gasteiger partial charge in [0, 0.05) is 32.7 Å². The monoisotopic (exact) mass is 398 g/mol. The molecule has 0 spiro atoms. The summed E-state index contributed by atoms with van der Waals surface area (Å²) in [5, 5.41) is 29.4. The average molecular weight is 399 g/mol. The van der Waals surface area contributed by atoms with Crippen LogP contribution in [0.5, 0.6) is 0 Å². The summed E-state index contributed by atoms with van der Waals surface area (Å²) in [6.45, 7) is 5.20. The van der Waals surface area contributed by atoms with E-state index in [0.29, 0.717) is 17.3 Å². The topological polar surface area (TPSA) is 111 Å². The standard InChI is InChI=1S/C16H20ClFN6O3/c17-12-9-11(1-2-13(12)18)24(25)16(19)15-14(21-27-22-15)10-20-3-4-23-5-7-26-8-6-23/h1-2,9,19-20,25H,3-8,10H2. The molecule has 0 atom stereocenters. The minimum absolute atomic E-state index is 0.0804. The number of hydrogen-bond donors (Lipinski definition) is 3. The van der Waals surface area contributed by atoms with Gasteiger partial charge in [-0.15, -0.1) is 0 Å². The van der Waals surface area contributed by atoms with Gasteiger partial charge < -0.3 is 10.1 Å². The molecule has 0 aliphatic carbocycles. The van der Waals surface area contributed by atoms with E-state index in [-0.39, 0.29) is 22.2 Å². The number of aromatic nitrogens is 2. The van der Waals surface area contributed by atoms with Gasteiger partial charge in [0.25, 0.3) is 0 Å². The maximum absolute atomic E-state index is 13.3. The van der Waals surface area contributed by atoms with Gasteiger partial charge in [-0.3, -0.25) is 15.5 Å². The molecule has 1 aromatic carbocycles. The third-order valence-electron chi connectivity index (χ3n) is 4.14. The fourth-order valence-electron chi connectivity index (χ4n) is 2.62. The maximum atomic E-state index is 13.3. The minimum atomic E-state index is -0.617. The van der Waals surface area contributed by atoms with Crippen LogP contribution in [0.1, 0.15) is 11.4 Å². The highest BCUT2D eigenvalue weighted by atomic mass is 35.5. The lowest BCUT2D eigenvalue weighted by Gasteiger charge is -2.26. The predicted molar refractivity (Wildman–Crippen MR) is 95.8 cm³/mol. The molecule has 2 heterocycles. The summed E-state index contributed by atoms with van der Waals surface area (Å²) in [4.78, 5) is 2.29. The van der Waals surface area contributed by atoms with Crippen molar-refractivity contribution in [2.45, 2.75) is 6.54 Å². The SMILES string of the molecule is N=C(c1nonc1CNCCN1CCOCC1)N(O)c1ccc(F)c(Cl)c1. The first kappa shape index (κ1) is 19.6. The normalized spacial score (nSPS) is 15.1.